The number of benzene rings is 2. The molecule has 2 aromatic carbocycles. The minimum Gasteiger partial charge on any atom is -0.481 e. The highest BCUT2D eigenvalue weighted by Gasteiger charge is 2.30. The Kier molecular flexibility index (Phi) is 4.31. The van der Waals surface area contributed by atoms with Gasteiger partial charge < -0.3 is 9.52 Å². The monoisotopic (exact) mass is 347 g/mol. The summed E-state index contributed by atoms with van der Waals surface area (Å²) in [5.74, 6) is -1.07. The highest BCUT2D eigenvalue weighted by Crippen LogP contribution is 2.31. The van der Waals surface area contributed by atoms with E-state index in [1.165, 1.54) is 18.2 Å². The van der Waals surface area contributed by atoms with E-state index in [2.05, 4.69) is 4.98 Å². The van der Waals surface area contributed by atoms with E-state index < -0.39 is 24.1 Å². The molecular formula is C18H12F3NO3. The zero-order valence-corrected chi connectivity index (χ0v) is 12.7. The van der Waals surface area contributed by atoms with E-state index >= 15 is 0 Å². The van der Waals surface area contributed by atoms with Crippen molar-refractivity contribution in [3.8, 4) is 0 Å². The molecule has 25 heavy (non-hydrogen) atoms. The smallest absolute Gasteiger partial charge is 0.416 e. The molecule has 0 saturated carbocycles. The van der Waals surface area contributed by atoms with Gasteiger partial charge in [0.15, 0.2) is 5.58 Å². The predicted octanol–water partition coefficient (Wildman–Crippen LogP) is 4.86. The number of aliphatic carboxylic acids is 1. The molecule has 7 heteroatoms. The van der Waals surface area contributed by atoms with Crippen molar-refractivity contribution >= 4 is 28.7 Å². The summed E-state index contributed by atoms with van der Waals surface area (Å²) in [5, 5.41) is 9.09. The van der Waals surface area contributed by atoms with Crippen LogP contribution in [0.4, 0.5) is 13.2 Å². The Morgan fingerprint density at radius 1 is 1.16 bits per heavy atom. The molecule has 3 rings (SSSR count). The summed E-state index contributed by atoms with van der Waals surface area (Å²) in [7, 11) is 0. The molecule has 0 saturated heterocycles. The van der Waals surface area contributed by atoms with Crippen molar-refractivity contribution in [1.29, 1.82) is 0 Å². The zero-order valence-electron chi connectivity index (χ0n) is 12.7. The topological polar surface area (TPSA) is 63.3 Å². The molecule has 4 nitrogen and oxygen atoms in total. The van der Waals surface area contributed by atoms with Gasteiger partial charge in [-0.2, -0.15) is 13.2 Å². The number of hydrogen-bond acceptors (Lipinski definition) is 3. The Balaban J connectivity index is 2.06. The van der Waals surface area contributed by atoms with Crippen LogP contribution in [0.2, 0.25) is 0 Å². The van der Waals surface area contributed by atoms with Crippen LogP contribution in [0.15, 0.2) is 52.9 Å². The summed E-state index contributed by atoms with van der Waals surface area (Å²) < 4.78 is 44.0. The predicted molar refractivity (Wildman–Crippen MR) is 85.6 cm³/mol. The molecule has 0 spiro atoms. The van der Waals surface area contributed by atoms with E-state index in [9.17, 15) is 18.0 Å². The first kappa shape index (κ1) is 16.8. The molecule has 0 amide bonds. The van der Waals surface area contributed by atoms with E-state index in [1.807, 2.05) is 0 Å². The standard InChI is InChI=1S/C18H12F3NO3/c19-18(20,21)13-5-3-4-11(9-13)8-12(10-16(23)24)17-22-14-6-1-2-7-15(14)25-17/h1-9H,10H2,(H,23,24)/b12-8+. The summed E-state index contributed by atoms with van der Waals surface area (Å²) in [4.78, 5) is 15.3. The van der Waals surface area contributed by atoms with Gasteiger partial charge in [-0.1, -0.05) is 24.3 Å². The van der Waals surface area contributed by atoms with Gasteiger partial charge in [-0.25, -0.2) is 4.98 Å². The van der Waals surface area contributed by atoms with Gasteiger partial charge in [-0.3, -0.25) is 4.79 Å². The minimum absolute atomic E-state index is 0.0704. The normalized spacial score (nSPS) is 12.5. The molecule has 1 heterocycles. The molecule has 0 bridgehead atoms. The Labute approximate surface area is 140 Å². The van der Waals surface area contributed by atoms with Gasteiger partial charge in [-0.15, -0.1) is 0 Å². The average Bonchev–Trinajstić information content (AvgIpc) is 2.97. The molecular weight excluding hydrogens is 335 g/mol. The number of carboxylic acids is 1. The zero-order chi connectivity index (χ0) is 18.0. The highest BCUT2D eigenvalue weighted by atomic mass is 19.4. The maximum Gasteiger partial charge on any atom is 0.416 e. The third-order valence-corrected chi connectivity index (χ3v) is 3.47. The van der Waals surface area contributed by atoms with E-state index in [4.69, 9.17) is 9.52 Å². The third-order valence-electron chi connectivity index (χ3n) is 3.47. The number of aromatic nitrogens is 1. The van der Waals surface area contributed by atoms with Gasteiger partial charge in [0.05, 0.1) is 12.0 Å². The van der Waals surface area contributed by atoms with Crippen LogP contribution >= 0.6 is 0 Å². The number of para-hydroxylation sites is 2. The minimum atomic E-state index is -4.48. The van der Waals surface area contributed by atoms with Crippen LogP contribution in [-0.4, -0.2) is 16.1 Å². The van der Waals surface area contributed by atoms with E-state index in [1.54, 1.807) is 24.3 Å². The van der Waals surface area contributed by atoms with Crippen molar-refractivity contribution in [2.45, 2.75) is 12.6 Å². The van der Waals surface area contributed by atoms with Crippen molar-refractivity contribution in [1.82, 2.24) is 4.98 Å². The largest absolute Gasteiger partial charge is 0.481 e. The van der Waals surface area contributed by atoms with Gasteiger partial charge in [0, 0.05) is 5.57 Å². The number of rotatable bonds is 4. The van der Waals surface area contributed by atoms with Crippen molar-refractivity contribution in [2.24, 2.45) is 0 Å². The lowest BCUT2D eigenvalue weighted by atomic mass is 10.1. The summed E-state index contributed by atoms with van der Waals surface area (Å²) in [6.45, 7) is 0. The maximum absolute atomic E-state index is 12.8. The number of fused-ring (bicyclic) bond motifs is 1. The van der Waals surface area contributed by atoms with Crippen molar-refractivity contribution in [2.75, 3.05) is 0 Å². The fourth-order valence-corrected chi connectivity index (χ4v) is 2.37. The van der Waals surface area contributed by atoms with E-state index in [-0.39, 0.29) is 17.0 Å². The van der Waals surface area contributed by atoms with Crippen LogP contribution in [-0.2, 0) is 11.0 Å². The summed E-state index contributed by atoms with van der Waals surface area (Å²) in [6, 6.07) is 11.5. The van der Waals surface area contributed by atoms with Crippen LogP contribution in [0.5, 0.6) is 0 Å². The quantitative estimate of drug-likeness (QED) is 0.732. The maximum atomic E-state index is 12.8. The number of hydrogen-bond donors (Lipinski definition) is 1. The number of alkyl halides is 3. The number of nitrogens with zero attached hydrogens (tertiary/aromatic N) is 1. The van der Waals surface area contributed by atoms with Crippen LogP contribution in [0.1, 0.15) is 23.4 Å². The van der Waals surface area contributed by atoms with Crippen LogP contribution in [0, 0.1) is 0 Å². The SMILES string of the molecule is O=C(O)C/C(=C\c1cccc(C(F)(F)F)c1)c1nc2ccccc2o1. The first-order valence-corrected chi connectivity index (χ1v) is 7.28. The lowest BCUT2D eigenvalue weighted by Gasteiger charge is -2.07. The first-order chi connectivity index (χ1) is 11.8. The highest BCUT2D eigenvalue weighted by molar-refractivity contribution is 5.91. The molecule has 0 aliphatic rings. The van der Waals surface area contributed by atoms with Crippen molar-refractivity contribution in [3.63, 3.8) is 0 Å². The second-order valence-electron chi connectivity index (χ2n) is 5.35. The van der Waals surface area contributed by atoms with Crippen LogP contribution < -0.4 is 0 Å². The molecule has 0 aliphatic carbocycles. The van der Waals surface area contributed by atoms with E-state index in [0.29, 0.717) is 11.1 Å². The van der Waals surface area contributed by atoms with Crippen molar-refractivity contribution < 1.29 is 27.5 Å². The lowest BCUT2D eigenvalue weighted by molar-refractivity contribution is -0.138. The van der Waals surface area contributed by atoms with Gasteiger partial charge in [-0.05, 0) is 35.9 Å². The van der Waals surface area contributed by atoms with Gasteiger partial charge in [0.1, 0.15) is 5.52 Å². The van der Waals surface area contributed by atoms with E-state index in [0.717, 1.165) is 12.1 Å². The number of halogens is 3. The Bertz CT molecular complexity index is 924. The molecule has 0 radical (unpaired) electrons. The number of carboxylic acid groups (broad SMARTS) is 1. The van der Waals surface area contributed by atoms with Crippen molar-refractivity contribution in [3.05, 3.63) is 65.5 Å². The lowest BCUT2D eigenvalue weighted by Crippen LogP contribution is -2.04. The van der Waals surface area contributed by atoms with Gasteiger partial charge >= 0.3 is 12.1 Å². The molecule has 128 valence electrons. The first-order valence-electron chi connectivity index (χ1n) is 7.28. The molecule has 0 atom stereocenters. The summed E-state index contributed by atoms with van der Waals surface area (Å²) >= 11 is 0. The van der Waals surface area contributed by atoms with Crippen LogP contribution in [0.3, 0.4) is 0 Å². The summed E-state index contributed by atoms with van der Waals surface area (Å²) in [6.07, 6.45) is -3.56. The van der Waals surface area contributed by atoms with Gasteiger partial charge in [0.2, 0.25) is 5.89 Å². The molecule has 3 aromatic rings. The molecule has 1 aromatic heterocycles. The van der Waals surface area contributed by atoms with Crippen LogP contribution in [0.25, 0.3) is 22.7 Å². The molecule has 0 fully saturated rings. The van der Waals surface area contributed by atoms with Gasteiger partial charge in [0.25, 0.3) is 0 Å². The number of carbonyl (C=O) groups is 1. The number of oxazole rings is 1. The third kappa shape index (κ3) is 3.88. The average molecular weight is 347 g/mol. The Morgan fingerprint density at radius 2 is 1.92 bits per heavy atom. The Morgan fingerprint density at radius 3 is 2.60 bits per heavy atom. The second kappa shape index (κ2) is 6.43. The molecule has 1 N–H and O–H groups in total. The Hall–Kier alpha value is -3.09. The second-order valence-corrected chi connectivity index (χ2v) is 5.35. The fourth-order valence-electron chi connectivity index (χ4n) is 2.37. The molecule has 0 unspecified atom stereocenters. The summed E-state index contributed by atoms with van der Waals surface area (Å²) in [5.41, 5.74) is 0.598. The fraction of sp³-hybridized carbons (Fsp3) is 0.111. The molecule has 0 aliphatic heterocycles.